The van der Waals surface area contributed by atoms with E-state index in [1.807, 2.05) is 0 Å². The highest BCUT2D eigenvalue weighted by Crippen LogP contribution is 1.98. The summed E-state index contributed by atoms with van der Waals surface area (Å²) in [4.78, 5) is 15.5. The molecule has 1 amide bonds. The Labute approximate surface area is 91.7 Å². The summed E-state index contributed by atoms with van der Waals surface area (Å²) in [6.07, 6.45) is 1.56. The number of hydrogen-bond acceptors (Lipinski definition) is 5. The number of carbonyl (C=O) groups is 1. The van der Waals surface area contributed by atoms with Gasteiger partial charge in [-0.25, -0.2) is 0 Å². The molecule has 2 rings (SSSR count). The van der Waals surface area contributed by atoms with Crippen LogP contribution >= 0.6 is 0 Å². The smallest absolute Gasteiger partial charge is 0.270 e. The second-order valence-electron chi connectivity index (χ2n) is 3.11. The molecule has 0 aliphatic carbocycles. The zero-order valence-electron chi connectivity index (χ0n) is 8.67. The molecule has 6 nitrogen and oxygen atoms in total. The lowest BCUT2D eigenvalue weighted by Gasteiger charge is -2.00. The number of nitrogens with one attached hydrogen (secondary N) is 1. The van der Waals surface area contributed by atoms with Gasteiger partial charge in [-0.1, -0.05) is 6.07 Å². The van der Waals surface area contributed by atoms with Crippen LogP contribution in [-0.2, 0) is 6.54 Å². The monoisotopic (exact) mass is 218 g/mol. The molecule has 6 heteroatoms. The van der Waals surface area contributed by atoms with E-state index in [9.17, 15) is 4.79 Å². The van der Waals surface area contributed by atoms with E-state index in [4.69, 9.17) is 4.42 Å². The standard InChI is InChI=1S/C10H10N4O2/c1-7-13-14-9(16-7)6-12-10(15)8-4-2-3-5-11-8/h2-5H,6H2,1H3,(H,12,15). The molecule has 82 valence electrons. The van der Waals surface area contributed by atoms with Crippen molar-refractivity contribution in [1.82, 2.24) is 20.5 Å². The van der Waals surface area contributed by atoms with Crippen LogP contribution in [0.1, 0.15) is 22.3 Å². The van der Waals surface area contributed by atoms with E-state index in [0.717, 1.165) is 0 Å². The minimum Gasteiger partial charge on any atom is -0.424 e. The molecule has 0 unspecified atom stereocenters. The number of nitrogens with zero attached hydrogens (tertiary/aromatic N) is 3. The topological polar surface area (TPSA) is 80.9 Å². The maximum absolute atomic E-state index is 11.6. The van der Waals surface area contributed by atoms with Crippen molar-refractivity contribution in [1.29, 1.82) is 0 Å². The Morgan fingerprint density at radius 3 is 2.94 bits per heavy atom. The van der Waals surface area contributed by atoms with Crippen LogP contribution in [0.3, 0.4) is 0 Å². The third-order valence-corrected chi connectivity index (χ3v) is 1.87. The third kappa shape index (κ3) is 2.41. The van der Waals surface area contributed by atoms with Crippen LogP contribution < -0.4 is 5.32 Å². The van der Waals surface area contributed by atoms with Crippen molar-refractivity contribution in [3.05, 3.63) is 41.9 Å². The van der Waals surface area contributed by atoms with Gasteiger partial charge in [0.25, 0.3) is 5.91 Å². The van der Waals surface area contributed by atoms with Gasteiger partial charge in [-0.15, -0.1) is 10.2 Å². The van der Waals surface area contributed by atoms with Crippen molar-refractivity contribution in [2.24, 2.45) is 0 Å². The number of aromatic nitrogens is 3. The number of amides is 1. The van der Waals surface area contributed by atoms with Gasteiger partial charge < -0.3 is 9.73 Å². The fraction of sp³-hybridized carbons (Fsp3) is 0.200. The van der Waals surface area contributed by atoms with Gasteiger partial charge in [0.15, 0.2) is 0 Å². The van der Waals surface area contributed by atoms with Gasteiger partial charge >= 0.3 is 0 Å². The molecule has 0 radical (unpaired) electrons. The summed E-state index contributed by atoms with van der Waals surface area (Å²) in [6, 6.07) is 5.13. The van der Waals surface area contributed by atoms with Gasteiger partial charge in [-0.05, 0) is 12.1 Å². The Hall–Kier alpha value is -2.24. The largest absolute Gasteiger partial charge is 0.424 e. The Morgan fingerprint density at radius 2 is 2.31 bits per heavy atom. The van der Waals surface area contributed by atoms with Crippen LogP contribution in [0.2, 0.25) is 0 Å². The molecule has 1 N–H and O–H groups in total. The average Bonchev–Trinajstić information content (AvgIpc) is 2.73. The van der Waals surface area contributed by atoms with Gasteiger partial charge in [0.05, 0.1) is 6.54 Å². The first-order chi connectivity index (χ1) is 7.75. The SMILES string of the molecule is Cc1nnc(CNC(=O)c2ccccn2)o1. The van der Waals surface area contributed by atoms with Crippen molar-refractivity contribution in [2.75, 3.05) is 0 Å². The quantitative estimate of drug-likeness (QED) is 0.820. The molecule has 0 saturated carbocycles. The number of carbonyl (C=O) groups excluding carboxylic acids is 1. The molecule has 2 aromatic heterocycles. The summed E-state index contributed by atoms with van der Waals surface area (Å²) in [5, 5.41) is 10.0. The third-order valence-electron chi connectivity index (χ3n) is 1.87. The Morgan fingerprint density at radius 1 is 1.44 bits per heavy atom. The number of pyridine rings is 1. The van der Waals surface area contributed by atoms with Crippen molar-refractivity contribution in [2.45, 2.75) is 13.5 Å². The van der Waals surface area contributed by atoms with E-state index >= 15 is 0 Å². The highest BCUT2D eigenvalue weighted by molar-refractivity contribution is 5.91. The van der Waals surface area contributed by atoms with Crippen LogP contribution in [-0.4, -0.2) is 21.1 Å². The highest BCUT2D eigenvalue weighted by atomic mass is 16.4. The molecule has 0 atom stereocenters. The first-order valence-corrected chi connectivity index (χ1v) is 4.74. The molecular formula is C10H10N4O2. The number of aryl methyl sites for hydroxylation is 1. The maximum atomic E-state index is 11.6. The van der Waals surface area contributed by atoms with Crippen molar-refractivity contribution in [3.63, 3.8) is 0 Å². The highest BCUT2D eigenvalue weighted by Gasteiger charge is 2.08. The molecule has 2 aromatic rings. The fourth-order valence-electron chi connectivity index (χ4n) is 1.15. The predicted molar refractivity (Wildman–Crippen MR) is 54.4 cm³/mol. The van der Waals surface area contributed by atoms with Gasteiger partial charge in [0.2, 0.25) is 11.8 Å². The lowest BCUT2D eigenvalue weighted by atomic mass is 10.3. The number of hydrogen-bond donors (Lipinski definition) is 1. The predicted octanol–water partition coefficient (Wildman–Crippen LogP) is 0.703. The van der Waals surface area contributed by atoms with Gasteiger partial charge in [0.1, 0.15) is 5.69 Å². The molecule has 0 aliphatic heterocycles. The lowest BCUT2D eigenvalue weighted by Crippen LogP contribution is -2.23. The molecule has 16 heavy (non-hydrogen) atoms. The van der Waals surface area contributed by atoms with Crippen LogP contribution in [0.15, 0.2) is 28.8 Å². The van der Waals surface area contributed by atoms with Crippen molar-refractivity contribution >= 4 is 5.91 Å². The van der Waals surface area contributed by atoms with E-state index in [1.165, 1.54) is 0 Å². The van der Waals surface area contributed by atoms with E-state index in [0.29, 0.717) is 17.5 Å². The van der Waals surface area contributed by atoms with E-state index in [-0.39, 0.29) is 12.5 Å². The van der Waals surface area contributed by atoms with Crippen molar-refractivity contribution in [3.8, 4) is 0 Å². The molecule has 0 fully saturated rings. The lowest BCUT2D eigenvalue weighted by molar-refractivity contribution is 0.0942. The maximum Gasteiger partial charge on any atom is 0.270 e. The van der Waals surface area contributed by atoms with Crippen LogP contribution in [0, 0.1) is 6.92 Å². The van der Waals surface area contributed by atoms with Crippen molar-refractivity contribution < 1.29 is 9.21 Å². The summed E-state index contributed by atoms with van der Waals surface area (Å²) in [7, 11) is 0. The van der Waals surface area contributed by atoms with E-state index in [1.54, 1.807) is 31.3 Å². The zero-order chi connectivity index (χ0) is 11.4. The van der Waals surface area contributed by atoms with Gasteiger partial charge in [0, 0.05) is 13.1 Å². The second kappa shape index (κ2) is 4.52. The molecule has 2 heterocycles. The summed E-state index contributed by atoms with van der Waals surface area (Å²) in [5.41, 5.74) is 0.360. The summed E-state index contributed by atoms with van der Waals surface area (Å²) in [5.74, 6) is 0.584. The minimum absolute atomic E-state index is 0.205. The average molecular weight is 218 g/mol. The van der Waals surface area contributed by atoms with E-state index in [2.05, 4.69) is 20.5 Å². The second-order valence-corrected chi connectivity index (χ2v) is 3.11. The molecule has 0 aliphatic rings. The van der Waals surface area contributed by atoms with Crippen LogP contribution in [0.5, 0.6) is 0 Å². The summed E-state index contributed by atoms with van der Waals surface area (Å²) >= 11 is 0. The molecule has 0 saturated heterocycles. The Balaban J connectivity index is 1.94. The van der Waals surface area contributed by atoms with Crippen LogP contribution in [0.4, 0.5) is 0 Å². The minimum atomic E-state index is -0.267. The molecule has 0 bridgehead atoms. The summed E-state index contributed by atoms with van der Waals surface area (Å²) < 4.78 is 5.11. The summed E-state index contributed by atoms with van der Waals surface area (Å²) in [6.45, 7) is 1.90. The van der Waals surface area contributed by atoms with Gasteiger partial charge in [-0.3, -0.25) is 9.78 Å². The first-order valence-electron chi connectivity index (χ1n) is 4.74. The normalized spacial score (nSPS) is 10.1. The van der Waals surface area contributed by atoms with Gasteiger partial charge in [-0.2, -0.15) is 0 Å². The Bertz CT molecular complexity index is 481. The first kappa shape index (κ1) is 10.3. The van der Waals surface area contributed by atoms with Crippen LogP contribution in [0.25, 0.3) is 0 Å². The molecular weight excluding hydrogens is 208 g/mol. The molecule has 0 aromatic carbocycles. The van der Waals surface area contributed by atoms with E-state index < -0.39 is 0 Å². The zero-order valence-corrected chi connectivity index (χ0v) is 8.67. The molecule has 0 spiro atoms. The number of rotatable bonds is 3. The Kier molecular flexibility index (Phi) is 2.90. The fourth-order valence-corrected chi connectivity index (χ4v) is 1.15.